The minimum atomic E-state index is 0.0760. The van der Waals surface area contributed by atoms with Crippen LogP contribution in [-0.4, -0.2) is 22.4 Å². The second-order valence-electron chi connectivity index (χ2n) is 4.60. The molecule has 1 unspecified atom stereocenters. The highest BCUT2D eigenvalue weighted by Crippen LogP contribution is 2.13. The predicted molar refractivity (Wildman–Crippen MR) is 76.1 cm³/mol. The zero-order valence-electron chi connectivity index (χ0n) is 11.5. The summed E-state index contributed by atoms with van der Waals surface area (Å²) in [6.07, 6.45) is 3.73. The van der Waals surface area contributed by atoms with Crippen LogP contribution in [0, 0.1) is 11.3 Å². The highest BCUT2D eigenvalue weighted by atomic mass is 16.5. The highest BCUT2D eigenvalue weighted by molar-refractivity contribution is 5.28. The third kappa shape index (κ3) is 4.41. The van der Waals surface area contributed by atoms with Gasteiger partial charge in [-0.15, -0.1) is 0 Å². The van der Waals surface area contributed by atoms with Gasteiger partial charge in [-0.05, 0) is 30.7 Å². The van der Waals surface area contributed by atoms with Crippen LogP contribution in [0.15, 0.2) is 42.7 Å². The summed E-state index contributed by atoms with van der Waals surface area (Å²) in [5.41, 5.74) is 1.13. The molecule has 1 N–H and O–H groups in total. The lowest BCUT2D eigenvalue weighted by Gasteiger charge is -2.14. The summed E-state index contributed by atoms with van der Waals surface area (Å²) in [7, 11) is 0. The highest BCUT2D eigenvalue weighted by Gasteiger charge is 2.03. The Balaban J connectivity index is 1.82. The van der Waals surface area contributed by atoms with Gasteiger partial charge in [-0.2, -0.15) is 10.4 Å². The van der Waals surface area contributed by atoms with Gasteiger partial charge in [-0.25, -0.2) is 0 Å². The van der Waals surface area contributed by atoms with Gasteiger partial charge in [-0.3, -0.25) is 4.68 Å². The predicted octanol–water partition coefficient (Wildman–Crippen LogP) is 1.96. The van der Waals surface area contributed by atoms with E-state index in [0.717, 1.165) is 24.4 Å². The molecule has 1 heterocycles. The van der Waals surface area contributed by atoms with E-state index in [1.165, 1.54) is 0 Å². The fraction of sp³-hybridized carbons (Fsp3) is 0.333. The summed E-state index contributed by atoms with van der Waals surface area (Å²) in [5.74, 6) is 0.727. The quantitative estimate of drug-likeness (QED) is 0.835. The first kappa shape index (κ1) is 14.1. The topological polar surface area (TPSA) is 62.9 Å². The Labute approximate surface area is 118 Å². The second-order valence-corrected chi connectivity index (χ2v) is 4.60. The van der Waals surface area contributed by atoms with E-state index in [1.807, 2.05) is 47.3 Å². The van der Waals surface area contributed by atoms with Crippen molar-refractivity contribution in [1.29, 1.82) is 5.26 Å². The summed E-state index contributed by atoms with van der Waals surface area (Å²) >= 11 is 0. The fourth-order valence-corrected chi connectivity index (χ4v) is 1.91. The largest absolute Gasteiger partial charge is 0.479 e. The third-order valence-corrected chi connectivity index (χ3v) is 2.88. The van der Waals surface area contributed by atoms with Crippen molar-refractivity contribution in [1.82, 2.24) is 15.1 Å². The molecule has 0 fully saturated rings. The van der Waals surface area contributed by atoms with Crippen LogP contribution in [0.5, 0.6) is 5.75 Å². The summed E-state index contributed by atoms with van der Waals surface area (Å²) in [6, 6.07) is 12.0. The second kappa shape index (κ2) is 7.31. The molecule has 1 aromatic carbocycles. The molecule has 0 bridgehead atoms. The molecule has 0 aliphatic heterocycles. The van der Waals surface area contributed by atoms with Gasteiger partial charge in [0.05, 0.1) is 6.54 Å². The molecule has 0 saturated heterocycles. The maximum atomic E-state index is 8.50. The van der Waals surface area contributed by atoms with Crippen LogP contribution in [0.4, 0.5) is 0 Å². The SMILES string of the molecule is CC(Cn1cccn1)NCc1cccc(OCC#N)c1. The lowest BCUT2D eigenvalue weighted by Crippen LogP contribution is -2.30. The number of benzene rings is 1. The number of hydrogen-bond acceptors (Lipinski definition) is 4. The van der Waals surface area contributed by atoms with Gasteiger partial charge in [0, 0.05) is 25.0 Å². The van der Waals surface area contributed by atoms with Crippen molar-refractivity contribution in [3.05, 3.63) is 48.3 Å². The van der Waals surface area contributed by atoms with Gasteiger partial charge < -0.3 is 10.1 Å². The van der Waals surface area contributed by atoms with E-state index in [4.69, 9.17) is 10.00 Å². The van der Waals surface area contributed by atoms with Gasteiger partial charge in [0.25, 0.3) is 0 Å². The van der Waals surface area contributed by atoms with Crippen LogP contribution >= 0.6 is 0 Å². The molecule has 5 heteroatoms. The minimum absolute atomic E-state index is 0.0760. The van der Waals surface area contributed by atoms with E-state index in [1.54, 1.807) is 6.20 Å². The molecular formula is C15H18N4O. The Hall–Kier alpha value is -2.32. The van der Waals surface area contributed by atoms with E-state index in [9.17, 15) is 0 Å². The van der Waals surface area contributed by atoms with E-state index in [2.05, 4.69) is 17.3 Å². The van der Waals surface area contributed by atoms with Crippen molar-refractivity contribution >= 4 is 0 Å². The van der Waals surface area contributed by atoms with Crippen molar-refractivity contribution in [2.45, 2.75) is 26.1 Å². The van der Waals surface area contributed by atoms with Crippen LogP contribution in [0.2, 0.25) is 0 Å². The monoisotopic (exact) mass is 270 g/mol. The Bertz CT molecular complexity index is 560. The molecule has 0 aliphatic carbocycles. The van der Waals surface area contributed by atoms with Gasteiger partial charge in [0.15, 0.2) is 6.61 Å². The van der Waals surface area contributed by atoms with Crippen LogP contribution < -0.4 is 10.1 Å². The van der Waals surface area contributed by atoms with Crippen molar-refractivity contribution in [2.24, 2.45) is 0 Å². The van der Waals surface area contributed by atoms with Gasteiger partial charge in [0.2, 0.25) is 0 Å². The molecule has 2 aromatic rings. The van der Waals surface area contributed by atoms with Gasteiger partial charge in [0.1, 0.15) is 11.8 Å². The van der Waals surface area contributed by atoms with E-state index in [-0.39, 0.29) is 6.61 Å². The number of nitrogens with zero attached hydrogens (tertiary/aromatic N) is 3. The van der Waals surface area contributed by atoms with Crippen LogP contribution in [0.1, 0.15) is 12.5 Å². The summed E-state index contributed by atoms with van der Waals surface area (Å²) in [5, 5.41) is 16.1. The average Bonchev–Trinajstić information content (AvgIpc) is 2.96. The normalized spacial score (nSPS) is 11.8. The molecule has 1 atom stereocenters. The average molecular weight is 270 g/mol. The van der Waals surface area contributed by atoms with Gasteiger partial charge >= 0.3 is 0 Å². The zero-order valence-corrected chi connectivity index (χ0v) is 11.5. The Morgan fingerprint density at radius 2 is 2.35 bits per heavy atom. The van der Waals surface area contributed by atoms with E-state index in [0.29, 0.717) is 6.04 Å². The van der Waals surface area contributed by atoms with Crippen LogP contribution in [-0.2, 0) is 13.1 Å². The molecular weight excluding hydrogens is 252 g/mol. The number of hydrogen-bond donors (Lipinski definition) is 1. The molecule has 0 saturated carbocycles. The smallest absolute Gasteiger partial charge is 0.174 e. The first-order valence-electron chi connectivity index (χ1n) is 6.57. The number of ether oxygens (including phenoxy) is 1. The summed E-state index contributed by atoms with van der Waals surface area (Å²) < 4.78 is 7.19. The van der Waals surface area contributed by atoms with Crippen molar-refractivity contribution < 1.29 is 4.74 Å². The maximum absolute atomic E-state index is 8.50. The van der Waals surface area contributed by atoms with E-state index >= 15 is 0 Å². The first-order valence-corrected chi connectivity index (χ1v) is 6.57. The lowest BCUT2D eigenvalue weighted by molar-refractivity contribution is 0.367. The third-order valence-electron chi connectivity index (χ3n) is 2.88. The van der Waals surface area contributed by atoms with E-state index < -0.39 is 0 Å². The first-order chi connectivity index (χ1) is 9.78. The molecule has 1 aromatic heterocycles. The maximum Gasteiger partial charge on any atom is 0.174 e. The number of rotatable bonds is 7. The Morgan fingerprint density at radius 3 is 3.10 bits per heavy atom. The molecule has 5 nitrogen and oxygen atoms in total. The number of nitrogens with one attached hydrogen (secondary N) is 1. The lowest BCUT2D eigenvalue weighted by atomic mass is 10.2. The van der Waals surface area contributed by atoms with Gasteiger partial charge in [-0.1, -0.05) is 12.1 Å². The molecule has 104 valence electrons. The number of nitriles is 1. The fourth-order valence-electron chi connectivity index (χ4n) is 1.91. The zero-order chi connectivity index (χ0) is 14.2. The molecule has 0 aliphatic rings. The molecule has 0 spiro atoms. The summed E-state index contributed by atoms with van der Waals surface area (Å²) in [6.45, 7) is 3.79. The van der Waals surface area contributed by atoms with Crippen molar-refractivity contribution in [2.75, 3.05) is 6.61 Å². The Morgan fingerprint density at radius 1 is 1.45 bits per heavy atom. The molecule has 20 heavy (non-hydrogen) atoms. The van der Waals surface area contributed by atoms with Crippen LogP contribution in [0.3, 0.4) is 0 Å². The van der Waals surface area contributed by atoms with Crippen molar-refractivity contribution in [3.63, 3.8) is 0 Å². The molecule has 0 amide bonds. The van der Waals surface area contributed by atoms with Crippen LogP contribution in [0.25, 0.3) is 0 Å². The molecule has 2 rings (SSSR count). The standard InChI is InChI=1S/C15H18N4O/c1-13(12-19-8-3-7-18-19)17-11-14-4-2-5-15(10-14)20-9-6-16/h2-5,7-8,10,13,17H,9,11-12H2,1H3. The summed E-state index contributed by atoms with van der Waals surface area (Å²) in [4.78, 5) is 0. The molecule has 0 radical (unpaired) electrons. The Kier molecular flexibility index (Phi) is 5.15. The van der Waals surface area contributed by atoms with Crippen molar-refractivity contribution in [3.8, 4) is 11.8 Å². The minimum Gasteiger partial charge on any atom is -0.479 e. The number of aromatic nitrogens is 2.